The minimum Gasteiger partial charge on any atom is -0.310 e. The van der Waals surface area contributed by atoms with E-state index in [2.05, 4.69) is 241 Å². The first kappa shape index (κ1) is 37.0. The van der Waals surface area contributed by atoms with Gasteiger partial charge in [0.25, 0.3) is 0 Å². The van der Waals surface area contributed by atoms with Crippen LogP contribution in [0.5, 0.6) is 0 Å². The Morgan fingerprint density at radius 3 is 1.25 bits per heavy atom. The minimum atomic E-state index is -0.452. The van der Waals surface area contributed by atoms with Gasteiger partial charge in [-0.2, -0.15) is 0 Å². The zero-order valence-electron chi connectivity index (χ0n) is 34.8. The molecule has 300 valence electrons. The van der Waals surface area contributed by atoms with Crippen LogP contribution in [0.25, 0.3) is 73.7 Å². The fourth-order valence-electron chi connectivity index (χ4n) is 10.4. The summed E-state index contributed by atoms with van der Waals surface area (Å²) in [5.41, 5.74) is 15.4. The van der Waals surface area contributed by atoms with E-state index in [0.29, 0.717) is 0 Å². The van der Waals surface area contributed by atoms with Crippen molar-refractivity contribution in [3.8, 4) is 33.4 Å². The van der Waals surface area contributed by atoms with Crippen LogP contribution in [0.15, 0.2) is 237 Å². The summed E-state index contributed by atoms with van der Waals surface area (Å²) in [6, 6.07) is 87.8. The highest BCUT2D eigenvalue weighted by atomic mass is 32.1. The summed E-state index contributed by atoms with van der Waals surface area (Å²) < 4.78 is 5.29. The number of hydrogen-bond acceptors (Lipinski definition) is 3. The molecule has 2 aromatic heterocycles. The fraction of sp³-hybridized carbons (Fsp3) is 0.0164. The lowest BCUT2D eigenvalue weighted by Crippen LogP contribution is -2.28. The Bertz CT molecular complexity index is 3520. The molecule has 0 spiro atoms. The first-order chi connectivity index (χ1) is 31.7. The molecule has 12 aromatic rings. The molecule has 3 heteroatoms. The Hall–Kier alpha value is -7.56. The van der Waals surface area contributed by atoms with E-state index in [1.54, 1.807) is 0 Å². The zero-order valence-corrected chi connectivity index (χ0v) is 36.4. The van der Waals surface area contributed by atoms with Gasteiger partial charge in [0.15, 0.2) is 0 Å². The largest absolute Gasteiger partial charge is 0.310 e. The Balaban J connectivity index is 0.950. The molecule has 0 aliphatic heterocycles. The number of anilines is 3. The number of thiophene rings is 2. The van der Waals surface area contributed by atoms with Gasteiger partial charge in [-0.05, 0) is 116 Å². The van der Waals surface area contributed by atoms with Crippen LogP contribution in [0.4, 0.5) is 17.1 Å². The third-order valence-electron chi connectivity index (χ3n) is 13.4. The first-order valence-corrected chi connectivity index (χ1v) is 23.5. The molecule has 0 radical (unpaired) electrons. The topological polar surface area (TPSA) is 3.24 Å². The van der Waals surface area contributed by atoms with Gasteiger partial charge in [0.1, 0.15) is 0 Å². The Morgan fingerprint density at radius 1 is 0.281 bits per heavy atom. The molecule has 0 fully saturated rings. The Kier molecular flexibility index (Phi) is 8.55. The van der Waals surface area contributed by atoms with Crippen LogP contribution in [0.2, 0.25) is 0 Å². The highest BCUT2D eigenvalue weighted by molar-refractivity contribution is 7.26. The van der Waals surface area contributed by atoms with E-state index < -0.39 is 5.41 Å². The second kappa shape index (κ2) is 14.8. The predicted molar refractivity (Wildman–Crippen MR) is 275 cm³/mol. The van der Waals surface area contributed by atoms with E-state index in [0.717, 1.165) is 17.1 Å². The van der Waals surface area contributed by atoms with Gasteiger partial charge in [-0.15, -0.1) is 22.7 Å². The molecular formula is C61H39NS2. The monoisotopic (exact) mass is 849 g/mol. The van der Waals surface area contributed by atoms with Gasteiger partial charge in [-0.1, -0.05) is 176 Å². The average molecular weight is 850 g/mol. The molecule has 13 rings (SSSR count). The summed E-state index contributed by atoms with van der Waals surface area (Å²) in [5, 5.41) is 5.30. The van der Waals surface area contributed by atoms with E-state index in [1.807, 2.05) is 22.7 Å². The van der Waals surface area contributed by atoms with Gasteiger partial charge in [-0.25, -0.2) is 0 Å². The van der Waals surface area contributed by atoms with Crippen LogP contribution in [0.3, 0.4) is 0 Å². The molecule has 0 unspecified atom stereocenters. The maximum absolute atomic E-state index is 2.42. The van der Waals surface area contributed by atoms with Crippen LogP contribution >= 0.6 is 22.7 Å². The van der Waals surface area contributed by atoms with Crippen molar-refractivity contribution < 1.29 is 0 Å². The molecule has 10 aromatic carbocycles. The van der Waals surface area contributed by atoms with Crippen molar-refractivity contribution in [2.45, 2.75) is 5.41 Å². The molecule has 0 saturated carbocycles. The maximum Gasteiger partial charge on any atom is 0.0713 e. The van der Waals surface area contributed by atoms with Gasteiger partial charge in [-0.3, -0.25) is 0 Å². The van der Waals surface area contributed by atoms with E-state index in [1.165, 1.54) is 96.0 Å². The quantitative estimate of drug-likeness (QED) is 0.154. The van der Waals surface area contributed by atoms with Gasteiger partial charge in [0.2, 0.25) is 0 Å². The van der Waals surface area contributed by atoms with Gasteiger partial charge in [0.05, 0.1) is 5.41 Å². The number of rotatable bonds is 7. The molecule has 0 N–H and O–H groups in total. The lowest BCUT2D eigenvalue weighted by Gasteiger charge is -2.34. The van der Waals surface area contributed by atoms with Crippen molar-refractivity contribution in [3.63, 3.8) is 0 Å². The second-order valence-electron chi connectivity index (χ2n) is 16.8. The third-order valence-corrected chi connectivity index (χ3v) is 15.6. The highest BCUT2D eigenvalue weighted by Crippen LogP contribution is 2.57. The summed E-state index contributed by atoms with van der Waals surface area (Å²) in [7, 11) is 0. The molecule has 1 aliphatic rings. The SMILES string of the molecule is c1ccc(C2(c3ccccc3)c3ccccc3-c3cc(N(c4ccc(-c5ccc6c(c5)sc5ccccc56)cc4)c4ccc(-c5ccc6c(c5)sc5ccccc56)cc4)ccc32)cc1. The van der Waals surface area contributed by atoms with E-state index >= 15 is 0 Å². The summed E-state index contributed by atoms with van der Waals surface area (Å²) in [4.78, 5) is 2.42. The zero-order chi connectivity index (χ0) is 42.2. The average Bonchev–Trinajstić information content (AvgIpc) is 4.03. The van der Waals surface area contributed by atoms with Gasteiger partial charge in [0, 0.05) is 57.4 Å². The van der Waals surface area contributed by atoms with Gasteiger partial charge < -0.3 is 4.90 Å². The molecule has 0 atom stereocenters. The lowest BCUT2D eigenvalue weighted by molar-refractivity contribution is 0.768. The lowest BCUT2D eigenvalue weighted by atomic mass is 9.68. The predicted octanol–water partition coefficient (Wildman–Crippen LogP) is 17.6. The Labute approximate surface area is 380 Å². The van der Waals surface area contributed by atoms with Crippen molar-refractivity contribution in [2.24, 2.45) is 0 Å². The number of nitrogens with zero attached hydrogens (tertiary/aromatic N) is 1. The van der Waals surface area contributed by atoms with Crippen LogP contribution in [-0.4, -0.2) is 0 Å². The molecule has 2 heterocycles. The fourth-order valence-corrected chi connectivity index (χ4v) is 12.7. The summed E-state index contributed by atoms with van der Waals surface area (Å²) in [5.74, 6) is 0. The highest BCUT2D eigenvalue weighted by Gasteiger charge is 2.46. The van der Waals surface area contributed by atoms with Crippen molar-refractivity contribution in [1.29, 1.82) is 0 Å². The van der Waals surface area contributed by atoms with Crippen LogP contribution in [0, 0.1) is 0 Å². The normalized spacial score (nSPS) is 12.8. The van der Waals surface area contributed by atoms with Crippen LogP contribution in [0.1, 0.15) is 22.3 Å². The van der Waals surface area contributed by atoms with E-state index in [9.17, 15) is 0 Å². The summed E-state index contributed by atoms with van der Waals surface area (Å²) in [6.07, 6.45) is 0. The Morgan fingerprint density at radius 2 is 0.703 bits per heavy atom. The van der Waals surface area contributed by atoms with Crippen LogP contribution in [-0.2, 0) is 5.41 Å². The number of fused-ring (bicyclic) bond motifs is 9. The molecule has 0 bridgehead atoms. The maximum atomic E-state index is 2.42. The number of benzene rings is 10. The van der Waals surface area contributed by atoms with Gasteiger partial charge >= 0.3 is 0 Å². The smallest absolute Gasteiger partial charge is 0.0713 e. The molecule has 1 aliphatic carbocycles. The summed E-state index contributed by atoms with van der Waals surface area (Å²) in [6.45, 7) is 0. The summed E-state index contributed by atoms with van der Waals surface area (Å²) >= 11 is 3.74. The molecule has 1 nitrogen and oxygen atoms in total. The van der Waals surface area contributed by atoms with Crippen molar-refractivity contribution in [3.05, 3.63) is 259 Å². The van der Waals surface area contributed by atoms with E-state index in [4.69, 9.17) is 0 Å². The number of hydrogen-bond donors (Lipinski definition) is 0. The molecule has 64 heavy (non-hydrogen) atoms. The van der Waals surface area contributed by atoms with E-state index in [-0.39, 0.29) is 0 Å². The minimum absolute atomic E-state index is 0.452. The van der Waals surface area contributed by atoms with Crippen molar-refractivity contribution >= 4 is 80.1 Å². The van der Waals surface area contributed by atoms with Crippen molar-refractivity contribution in [1.82, 2.24) is 0 Å². The third kappa shape index (κ3) is 5.75. The van der Waals surface area contributed by atoms with Crippen LogP contribution < -0.4 is 4.90 Å². The van der Waals surface area contributed by atoms with Crippen molar-refractivity contribution in [2.75, 3.05) is 4.90 Å². The molecule has 0 saturated heterocycles. The first-order valence-electron chi connectivity index (χ1n) is 21.9. The second-order valence-corrected chi connectivity index (χ2v) is 19.0. The standard InChI is InChI=1S/C61H39NS2/c1-3-13-44(14-4-1)61(45-15-5-2-6-16-45)55-20-10-7-17-49(55)54-39-48(33-36-56(54)61)62(46-29-23-40(24-30-46)42-27-34-52-50-18-8-11-21-57(50)63-59(52)37-42)47-31-25-41(26-32-47)43-28-35-53-51-19-9-12-22-58(51)64-60(53)38-43/h1-39H. The molecule has 0 amide bonds. The molecular weight excluding hydrogens is 811 g/mol.